The molecule has 1 saturated carbocycles. The molecule has 0 saturated heterocycles. The van der Waals surface area contributed by atoms with E-state index in [2.05, 4.69) is 31.0 Å². The van der Waals surface area contributed by atoms with Gasteiger partial charge in [0.25, 0.3) is 0 Å². The zero-order chi connectivity index (χ0) is 20.3. The monoisotopic (exact) mass is 390 g/mol. The summed E-state index contributed by atoms with van der Waals surface area (Å²) in [5.74, 6) is 1.08. The number of alkyl carbamates (subject to hydrolysis) is 1. The lowest BCUT2D eigenvalue weighted by atomic mass is 10.0. The van der Waals surface area contributed by atoms with E-state index in [1.165, 1.54) is 0 Å². The summed E-state index contributed by atoms with van der Waals surface area (Å²) in [4.78, 5) is 24.0. The van der Waals surface area contributed by atoms with Gasteiger partial charge in [0.05, 0.1) is 0 Å². The molecule has 28 heavy (non-hydrogen) atoms. The van der Waals surface area contributed by atoms with E-state index < -0.39 is 11.7 Å². The number of H-pyrrole nitrogens is 1. The van der Waals surface area contributed by atoms with E-state index in [0.717, 1.165) is 25.0 Å². The lowest BCUT2D eigenvalue weighted by molar-refractivity contribution is -0.115. The van der Waals surface area contributed by atoms with Gasteiger partial charge in [0.2, 0.25) is 17.7 Å². The quantitative estimate of drug-likeness (QED) is 0.713. The van der Waals surface area contributed by atoms with Crippen LogP contribution in [0.3, 0.4) is 0 Å². The van der Waals surface area contributed by atoms with Crippen molar-refractivity contribution in [3.63, 3.8) is 0 Å². The minimum absolute atomic E-state index is 0.00561. The summed E-state index contributed by atoms with van der Waals surface area (Å²) in [5.41, 5.74) is 0.413. The topological polar surface area (TPSA) is 135 Å². The zero-order valence-electron chi connectivity index (χ0n) is 16.5. The van der Waals surface area contributed by atoms with E-state index in [0.29, 0.717) is 11.7 Å². The Kier molecular flexibility index (Phi) is 5.66. The first-order valence-corrected chi connectivity index (χ1v) is 9.31. The van der Waals surface area contributed by atoms with Crippen LogP contribution in [0.25, 0.3) is 0 Å². The largest absolute Gasteiger partial charge is 0.444 e. The number of aromatic amines is 1. The normalized spacial score (nSPS) is 19.4. The number of rotatable bonds is 5. The second-order valence-corrected chi connectivity index (χ2v) is 8.00. The van der Waals surface area contributed by atoms with Crippen LogP contribution in [-0.2, 0) is 16.0 Å². The fraction of sp³-hybridized carbons (Fsp3) is 0.611. The van der Waals surface area contributed by atoms with Crippen LogP contribution < -0.4 is 10.6 Å². The molecular weight excluding hydrogens is 364 g/mol. The molecule has 2 amide bonds. The number of amides is 2. The van der Waals surface area contributed by atoms with Gasteiger partial charge in [-0.1, -0.05) is 0 Å². The highest BCUT2D eigenvalue weighted by Gasteiger charge is 2.29. The third-order valence-corrected chi connectivity index (χ3v) is 4.34. The van der Waals surface area contributed by atoms with Crippen LogP contribution in [0.15, 0.2) is 10.5 Å². The zero-order valence-corrected chi connectivity index (χ0v) is 16.5. The van der Waals surface area contributed by atoms with Gasteiger partial charge in [0.15, 0.2) is 5.82 Å². The van der Waals surface area contributed by atoms with Crippen molar-refractivity contribution in [3.05, 3.63) is 23.5 Å². The van der Waals surface area contributed by atoms with Crippen molar-refractivity contribution in [2.45, 2.75) is 70.9 Å². The Morgan fingerprint density at radius 1 is 1.32 bits per heavy atom. The Hall–Kier alpha value is -2.91. The van der Waals surface area contributed by atoms with Crippen molar-refractivity contribution >= 4 is 17.8 Å². The van der Waals surface area contributed by atoms with E-state index in [1.807, 2.05) is 26.8 Å². The molecule has 1 aliphatic carbocycles. The third-order valence-electron chi connectivity index (χ3n) is 4.34. The predicted molar refractivity (Wildman–Crippen MR) is 99.7 cm³/mol. The smallest absolute Gasteiger partial charge is 0.407 e. The predicted octanol–water partition coefficient (Wildman–Crippen LogP) is 2.44. The Bertz CT molecular complexity index is 837. The average molecular weight is 390 g/mol. The molecular formula is C18H26N6O4. The summed E-state index contributed by atoms with van der Waals surface area (Å²) < 4.78 is 10.5. The lowest BCUT2D eigenvalue weighted by Crippen LogP contribution is -2.37. The van der Waals surface area contributed by atoms with E-state index in [1.54, 1.807) is 6.92 Å². The van der Waals surface area contributed by atoms with Gasteiger partial charge in [0.1, 0.15) is 12.0 Å². The van der Waals surface area contributed by atoms with Gasteiger partial charge in [-0.25, -0.2) is 4.79 Å². The van der Waals surface area contributed by atoms with Crippen LogP contribution in [0.2, 0.25) is 0 Å². The molecule has 10 nitrogen and oxygen atoms in total. The first-order valence-electron chi connectivity index (χ1n) is 9.31. The molecule has 2 atom stereocenters. The first kappa shape index (κ1) is 19.8. The number of carbonyl (C=O) groups is 2. The standard InChI is InChI=1S/C18H26N6O4/c1-10-21-24-16(27-10)9-15(25)20-14-8-13(22-23-14)11-5-6-12(7-11)19-17(26)28-18(2,3)4/h8,11-12H,5-7,9H2,1-4H3,(H,19,26)(H2,20,22,23,25)/t11-,12+/m0/s1. The summed E-state index contributed by atoms with van der Waals surface area (Å²) >= 11 is 0. The molecule has 0 aromatic carbocycles. The highest BCUT2D eigenvalue weighted by atomic mass is 16.6. The van der Waals surface area contributed by atoms with Crippen LogP contribution in [-0.4, -0.2) is 44.0 Å². The van der Waals surface area contributed by atoms with Crippen molar-refractivity contribution in [2.24, 2.45) is 0 Å². The Labute approximate surface area is 162 Å². The summed E-state index contributed by atoms with van der Waals surface area (Å²) in [6, 6.07) is 1.87. The minimum Gasteiger partial charge on any atom is -0.444 e. The van der Waals surface area contributed by atoms with Gasteiger partial charge in [0, 0.05) is 30.6 Å². The number of aryl methyl sites for hydroxylation is 1. The Morgan fingerprint density at radius 3 is 2.79 bits per heavy atom. The number of nitrogens with zero attached hydrogens (tertiary/aromatic N) is 3. The fourth-order valence-corrected chi connectivity index (χ4v) is 3.21. The van der Waals surface area contributed by atoms with E-state index in [4.69, 9.17) is 9.15 Å². The molecule has 2 aromatic heterocycles. The van der Waals surface area contributed by atoms with Crippen LogP contribution in [0, 0.1) is 6.92 Å². The van der Waals surface area contributed by atoms with Gasteiger partial charge in [-0.2, -0.15) is 5.10 Å². The van der Waals surface area contributed by atoms with E-state index >= 15 is 0 Å². The molecule has 2 aromatic rings. The average Bonchev–Trinajstić information content (AvgIpc) is 3.27. The SMILES string of the molecule is Cc1nnc(CC(=O)Nc2cc([C@H]3CC[C@@H](NC(=O)OC(C)(C)C)C3)[nH]n2)o1. The molecule has 0 spiro atoms. The van der Waals surface area contributed by atoms with Crippen LogP contribution in [0.5, 0.6) is 0 Å². The molecule has 1 aliphatic rings. The van der Waals surface area contributed by atoms with Gasteiger partial charge < -0.3 is 19.8 Å². The third kappa shape index (κ3) is 5.54. The molecule has 152 valence electrons. The van der Waals surface area contributed by atoms with E-state index in [9.17, 15) is 9.59 Å². The number of nitrogens with one attached hydrogen (secondary N) is 3. The van der Waals surface area contributed by atoms with Crippen molar-refractivity contribution in [1.82, 2.24) is 25.7 Å². The van der Waals surface area contributed by atoms with Gasteiger partial charge in [-0.15, -0.1) is 10.2 Å². The van der Waals surface area contributed by atoms with Gasteiger partial charge in [-0.05, 0) is 40.0 Å². The molecule has 3 rings (SSSR count). The number of hydrogen-bond donors (Lipinski definition) is 3. The summed E-state index contributed by atoms with van der Waals surface area (Å²) in [7, 11) is 0. The highest BCUT2D eigenvalue weighted by molar-refractivity contribution is 5.90. The summed E-state index contributed by atoms with van der Waals surface area (Å²) in [5, 5.41) is 20.2. The second-order valence-electron chi connectivity index (χ2n) is 8.00. The van der Waals surface area contributed by atoms with Crippen molar-refractivity contribution in [2.75, 3.05) is 5.32 Å². The number of carbonyl (C=O) groups excluding carboxylic acids is 2. The Balaban J connectivity index is 1.49. The number of hydrogen-bond acceptors (Lipinski definition) is 7. The molecule has 3 N–H and O–H groups in total. The molecule has 0 aliphatic heterocycles. The number of aromatic nitrogens is 4. The van der Waals surface area contributed by atoms with E-state index in [-0.39, 0.29) is 30.2 Å². The fourth-order valence-electron chi connectivity index (χ4n) is 3.21. The van der Waals surface area contributed by atoms with Crippen molar-refractivity contribution < 1.29 is 18.7 Å². The second kappa shape index (κ2) is 7.99. The molecule has 2 heterocycles. The van der Waals surface area contributed by atoms with Gasteiger partial charge >= 0.3 is 6.09 Å². The maximum absolute atomic E-state index is 12.1. The minimum atomic E-state index is -0.515. The van der Waals surface area contributed by atoms with Gasteiger partial charge in [-0.3, -0.25) is 9.89 Å². The molecule has 0 unspecified atom stereocenters. The summed E-state index contributed by atoms with van der Waals surface area (Å²) in [6.45, 7) is 7.18. The molecule has 1 fully saturated rings. The summed E-state index contributed by atoms with van der Waals surface area (Å²) in [6.07, 6.45) is 2.16. The van der Waals surface area contributed by atoms with Crippen molar-refractivity contribution in [3.8, 4) is 0 Å². The maximum Gasteiger partial charge on any atom is 0.407 e. The number of anilines is 1. The Morgan fingerprint density at radius 2 is 2.11 bits per heavy atom. The van der Waals surface area contributed by atoms with Crippen LogP contribution in [0.4, 0.5) is 10.6 Å². The maximum atomic E-state index is 12.1. The van der Waals surface area contributed by atoms with Crippen LogP contribution >= 0.6 is 0 Å². The lowest BCUT2D eigenvalue weighted by Gasteiger charge is -2.21. The number of ether oxygens (including phenoxy) is 1. The molecule has 10 heteroatoms. The van der Waals surface area contributed by atoms with Crippen molar-refractivity contribution in [1.29, 1.82) is 0 Å². The molecule has 0 bridgehead atoms. The molecule has 0 radical (unpaired) electrons. The van der Waals surface area contributed by atoms with Crippen LogP contribution in [0.1, 0.15) is 63.4 Å². The first-order chi connectivity index (χ1) is 13.2. The highest BCUT2D eigenvalue weighted by Crippen LogP contribution is 2.34.